The predicted octanol–water partition coefficient (Wildman–Crippen LogP) is 2.16. The third-order valence-corrected chi connectivity index (χ3v) is 5.56. The number of nitrogens with one attached hydrogen (secondary N) is 1. The third-order valence-electron chi connectivity index (χ3n) is 4.59. The summed E-state index contributed by atoms with van der Waals surface area (Å²) >= 11 is 1.54. The minimum absolute atomic E-state index is 0. The topological polar surface area (TPSA) is 90.0 Å². The average Bonchev–Trinajstić information content (AvgIpc) is 3.04. The molecular weight excluding hydrogens is 360 g/mol. The number of carbonyl (C=O) groups excluding carboxylic acids is 1. The Bertz CT molecular complexity index is 883. The smallest absolute Gasteiger partial charge is 0.267 e. The number of aromatic nitrogens is 2. The second-order valence-electron chi connectivity index (χ2n) is 6.14. The van der Waals surface area contributed by atoms with Gasteiger partial charge in [0.1, 0.15) is 5.56 Å². The van der Waals surface area contributed by atoms with E-state index in [0.29, 0.717) is 11.7 Å². The lowest BCUT2D eigenvalue weighted by Crippen LogP contribution is -2.36. The number of hydrogen-bond acceptors (Lipinski definition) is 5. The number of rotatable bonds is 2. The van der Waals surface area contributed by atoms with Crippen LogP contribution in [0.25, 0.3) is 0 Å². The van der Waals surface area contributed by atoms with E-state index >= 15 is 0 Å². The number of amides is 1. The molecule has 0 bridgehead atoms. The first-order valence-electron chi connectivity index (χ1n) is 8.05. The molecule has 6 nitrogen and oxygen atoms in total. The Hall–Kier alpha value is -1.99. The molecule has 1 aliphatic carbocycles. The van der Waals surface area contributed by atoms with E-state index in [1.54, 1.807) is 4.57 Å². The Morgan fingerprint density at radius 1 is 1.40 bits per heavy atom. The van der Waals surface area contributed by atoms with Crippen LogP contribution < -0.4 is 16.6 Å². The molecule has 1 aromatic carbocycles. The van der Waals surface area contributed by atoms with Crippen LogP contribution in [0.5, 0.6) is 0 Å². The van der Waals surface area contributed by atoms with Crippen molar-refractivity contribution in [2.75, 3.05) is 11.5 Å². The number of fused-ring (bicyclic) bond motifs is 2. The fraction of sp³-hybridized carbons (Fsp3) is 0.353. The molecule has 4 rings (SSSR count). The Balaban J connectivity index is 0.00000182. The molecule has 2 aliphatic rings. The summed E-state index contributed by atoms with van der Waals surface area (Å²) in [4.78, 5) is 29.3. The number of nitrogens with zero attached hydrogens (tertiary/aromatic N) is 2. The minimum Gasteiger partial charge on any atom is -0.399 e. The summed E-state index contributed by atoms with van der Waals surface area (Å²) in [5, 5.41) is 3.69. The summed E-state index contributed by atoms with van der Waals surface area (Å²) in [6, 6.07) is 5.70. The molecule has 0 spiro atoms. The van der Waals surface area contributed by atoms with Crippen molar-refractivity contribution < 1.29 is 4.79 Å². The van der Waals surface area contributed by atoms with Crippen LogP contribution in [0.4, 0.5) is 5.69 Å². The van der Waals surface area contributed by atoms with Crippen LogP contribution in [-0.2, 0) is 13.0 Å². The van der Waals surface area contributed by atoms with Crippen molar-refractivity contribution in [2.24, 2.45) is 0 Å². The first kappa shape index (κ1) is 17.8. The molecule has 1 unspecified atom stereocenters. The van der Waals surface area contributed by atoms with Gasteiger partial charge in [-0.1, -0.05) is 17.8 Å². The first-order chi connectivity index (χ1) is 11.6. The zero-order valence-corrected chi connectivity index (χ0v) is 15.2. The normalized spacial score (nSPS) is 18.0. The van der Waals surface area contributed by atoms with Crippen molar-refractivity contribution >= 4 is 35.8 Å². The Labute approximate surface area is 155 Å². The molecule has 1 aliphatic heterocycles. The van der Waals surface area contributed by atoms with Crippen LogP contribution in [0.1, 0.15) is 40.4 Å². The molecule has 8 heteroatoms. The number of aryl methyl sites for hydroxylation is 1. The van der Waals surface area contributed by atoms with Gasteiger partial charge in [0, 0.05) is 24.2 Å². The third kappa shape index (κ3) is 3.26. The van der Waals surface area contributed by atoms with E-state index in [0.717, 1.165) is 36.3 Å². The highest BCUT2D eigenvalue weighted by Crippen LogP contribution is 2.31. The van der Waals surface area contributed by atoms with Crippen LogP contribution in [0, 0.1) is 0 Å². The van der Waals surface area contributed by atoms with E-state index in [2.05, 4.69) is 10.3 Å². The van der Waals surface area contributed by atoms with E-state index < -0.39 is 0 Å². The number of nitrogens with two attached hydrogens (primary N) is 1. The molecule has 0 fully saturated rings. The zero-order chi connectivity index (χ0) is 16.7. The summed E-state index contributed by atoms with van der Waals surface area (Å²) < 4.78 is 1.58. The van der Waals surface area contributed by atoms with Crippen LogP contribution in [0.2, 0.25) is 0 Å². The highest BCUT2D eigenvalue weighted by molar-refractivity contribution is 7.99. The van der Waals surface area contributed by atoms with Crippen LogP contribution >= 0.6 is 24.2 Å². The van der Waals surface area contributed by atoms with Crippen molar-refractivity contribution in [2.45, 2.75) is 37.0 Å². The highest BCUT2D eigenvalue weighted by atomic mass is 35.5. The maximum absolute atomic E-state index is 12.6. The summed E-state index contributed by atoms with van der Waals surface area (Å²) in [5.41, 5.74) is 8.71. The predicted molar refractivity (Wildman–Crippen MR) is 100 cm³/mol. The molecule has 0 saturated heterocycles. The van der Waals surface area contributed by atoms with Crippen LogP contribution in [0.15, 0.2) is 34.3 Å². The highest BCUT2D eigenvalue weighted by Gasteiger charge is 2.25. The molecule has 25 heavy (non-hydrogen) atoms. The van der Waals surface area contributed by atoms with Gasteiger partial charge < -0.3 is 11.1 Å². The van der Waals surface area contributed by atoms with Gasteiger partial charge in [0.15, 0.2) is 5.16 Å². The van der Waals surface area contributed by atoms with Crippen LogP contribution in [-0.4, -0.2) is 21.2 Å². The second kappa shape index (κ2) is 7.09. The van der Waals surface area contributed by atoms with E-state index in [1.165, 1.54) is 23.5 Å². The lowest BCUT2D eigenvalue weighted by atomic mass is 9.87. The standard InChI is InChI=1S/C17H18N4O2S.ClH/c18-11-4-5-12-10(8-11)2-1-3-14(12)20-15(22)13-9-19-17-21(16(13)23)6-7-24-17;/h4-5,8-9,14H,1-3,6-7,18H2,(H,20,22);1H. The van der Waals surface area contributed by atoms with Gasteiger partial charge >= 0.3 is 0 Å². The Kier molecular flexibility index (Phi) is 5.06. The van der Waals surface area contributed by atoms with E-state index in [4.69, 9.17) is 5.73 Å². The summed E-state index contributed by atoms with van der Waals surface area (Å²) in [6.45, 7) is 0.610. The monoisotopic (exact) mass is 378 g/mol. The van der Waals surface area contributed by atoms with E-state index in [-0.39, 0.29) is 35.5 Å². The number of carbonyl (C=O) groups is 1. The first-order valence-corrected chi connectivity index (χ1v) is 9.04. The lowest BCUT2D eigenvalue weighted by molar-refractivity contribution is 0.0930. The summed E-state index contributed by atoms with van der Waals surface area (Å²) in [6.07, 6.45) is 4.21. The second-order valence-corrected chi connectivity index (χ2v) is 7.20. The minimum atomic E-state index is -0.352. The molecule has 2 aromatic rings. The number of nitrogen functional groups attached to an aromatic ring is 1. The number of benzene rings is 1. The van der Waals surface area contributed by atoms with Gasteiger partial charge in [0.05, 0.1) is 6.04 Å². The van der Waals surface area contributed by atoms with Crippen molar-refractivity contribution in [1.29, 1.82) is 0 Å². The maximum Gasteiger partial charge on any atom is 0.267 e. The maximum atomic E-state index is 12.6. The largest absolute Gasteiger partial charge is 0.399 e. The van der Waals surface area contributed by atoms with Crippen molar-refractivity contribution in [1.82, 2.24) is 14.9 Å². The molecule has 0 radical (unpaired) electrons. The number of halogens is 1. The molecule has 2 heterocycles. The van der Waals surface area contributed by atoms with Gasteiger partial charge in [0.25, 0.3) is 11.5 Å². The van der Waals surface area contributed by atoms with Gasteiger partial charge in [-0.05, 0) is 42.5 Å². The molecule has 132 valence electrons. The Morgan fingerprint density at radius 2 is 2.24 bits per heavy atom. The molecule has 1 aromatic heterocycles. The fourth-order valence-electron chi connectivity index (χ4n) is 3.39. The van der Waals surface area contributed by atoms with Crippen LogP contribution in [0.3, 0.4) is 0 Å². The Morgan fingerprint density at radius 3 is 3.08 bits per heavy atom. The van der Waals surface area contributed by atoms with Gasteiger partial charge in [-0.15, -0.1) is 12.4 Å². The fourth-order valence-corrected chi connectivity index (χ4v) is 4.31. The van der Waals surface area contributed by atoms with Crippen molar-refractivity contribution in [3.8, 4) is 0 Å². The van der Waals surface area contributed by atoms with Crippen molar-refractivity contribution in [3.63, 3.8) is 0 Å². The molecule has 1 amide bonds. The molecular formula is C17H19ClN4O2S. The summed E-state index contributed by atoms with van der Waals surface area (Å²) in [5.74, 6) is 0.472. The van der Waals surface area contributed by atoms with Gasteiger partial charge in [-0.25, -0.2) is 4.98 Å². The number of hydrogen-bond donors (Lipinski definition) is 2. The summed E-state index contributed by atoms with van der Waals surface area (Å²) in [7, 11) is 0. The molecule has 0 saturated carbocycles. The average molecular weight is 379 g/mol. The number of thioether (sulfide) groups is 1. The van der Waals surface area contributed by atoms with E-state index in [9.17, 15) is 9.59 Å². The molecule has 1 atom stereocenters. The van der Waals surface area contributed by atoms with Gasteiger partial charge in [0.2, 0.25) is 0 Å². The van der Waals surface area contributed by atoms with Gasteiger partial charge in [-0.2, -0.15) is 0 Å². The SMILES string of the molecule is Cl.Nc1ccc2c(c1)CCCC2NC(=O)c1cnc2n(c1=O)CCS2. The zero-order valence-electron chi connectivity index (χ0n) is 13.5. The van der Waals surface area contributed by atoms with Crippen molar-refractivity contribution in [3.05, 3.63) is 51.4 Å². The lowest BCUT2D eigenvalue weighted by Gasteiger charge is -2.26. The quantitative estimate of drug-likeness (QED) is 0.617. The van der Waals surface area contributed by atoms with E-state index in [1.807, 2.05) is 18.2 Å². The number of anilines is 1. The van der Waals surface area contributed by atoms with Gasteiger partial charge in [-0.3, -0.25) is 14.2 Å². The molecule has 3 N–H and O–H groups in total.